The van der Waals surface area contributed by atoms with Crippen LogP contribution in [-0.2, 0) is 0 Å². The molecule has 1 atom stereocenters. The molecule has 1 aliphatic rings. The second-order valence-corrected chi connectivity index (χ2v) is 6.04. The Bertz CT molecular complexity index is 613. The van der Waals surface area contributed by atoms with Gasteiger partial charge in [-0.05, 0) is 37.4 Å². The van der Waals surface area contributed by atoms with Gasteiger partial charge in [-0.1, -0.05) is 6.07 Å². The largest absolute Gasteiger partial charge is 0.367 e. The number of nitrogens with zero attached hydrogens (tertiary/aromatic N) is 4. The van der Waals surface area contributed by atoms with Gasteiger partial charge in [-0.25, -0.2) is 4.98 Å². The van der Waals surface area contributed by atoms with Crippen LogP contribution in [0.4, 0.5) is 5.82 Å². The minimum absolute atomic E-state index is 0.342. The molecule has 1 aliphatic heterocycles. The van der Waals surface area contributed by atoms with Gasteiger partial charge in [0.2, 0.25) is 0 Å². The molecular weight excluding hydrogens is 282 g/mol. The van der Waals surface area contributed by atoms with Crippen LogP contribution < -0.4 is 5.32 Å². The Hall–Kier alpha value is -1.97. The Labute approximate surface area is 128 Å². The molecular formula is C15H17N5S. The predicted octanol–water partition coefficient (Wildman–Crippen LogP) is 2.66. The van der Waals surface area contributed by atoms with Gasteiger partial charge >= 0.3 is 0 Å². The standard InChI is InChI=1S/C15H17N5S/c16-8-12-9-17-11-15(19-12)18-10-13(14-4-3-7-21-14)20-5-1-2-6-20/h3-4,7,9,11,13H,1-2,5-6,10H2,(H,18,19). The van der Waals surface area contributed by atoms with E-state index in [0.717, 1.165) is 19.6 Å². The van der Waals surface area contributed by atoms with Crippen molar-refractivity contribution in [1.29, 1.82) is 5.26 Å². The molecule has 5 nitrogen and oxygen atoms in total. The maximum Gasteiger partial charge on any atom is 0.161 e. The summed E-state index contributed by atoms with van der Waals surface area (Å²) in [5.41, 5.74) is 0.342. The number of rotatable bonds is 5. The van der Waals surface area contributed by atoms with Crippen LogP contribution >= 0.6 is 11.3 Å². The second kappa shape index (κ2) is 6.66. The summed E-state index contributed by atoms with van der Waals surface area (Å²) < 4.78 is 0. The average molecular weight is 299 g/mol. The van der Waals surface area contributed by atoms with Gasteiger partial charge in [0.15, 0.2) is 5.69 Å². The van der Waals surface area contributed by atoms with E-state index < -0.39 is 0 Å². The molecule has 1 fully saturated rings. The highest BCUT2D eigenvalue weighted by Crippen LogP contribution is 2.28. The molecule has 21 heavy (non-hydrogen) atoms. The molecule has 3 rings (SSSR count). The van der Waals surface area contributed by atoms with Crippen LogP contribution in [0.3, 0.4) is 0 Å². The lowest BCUT2D eigenvalue weighted by atomic mass is 10.2. The number of nitriles is 1. The predicted molar refractivity (Wildman–Crippen MR) is 83.1 cm³/mol. The monoisotopic (exact) mass is 299 g/mol. The van der Waals surface area contributed by atoms with Gasteiger partial charge in [0.05, 0.1) is 18.4 Å². The van der Waals surface area contributed by atoms with Crippen LogP contribution in [0.15, 0.2) is 29.9 Å². The van der Waals surface area contributed by atoms with Gasteiger partial charge in [-0.3, -0.25) is 9.88 Å². The van der Waals surface area contributed by atoms with E-state index in [-0.39, 0.29) is 0 Å². The van der Waals surface area contributed by atoms with Crippen molar-refractivity contribution in [2.45, 2.75) is 18.9 Å². The van der Waals surface area contributed by atoms with Crippen molar-refractivity contribution in [1.82, 2.24) is 14.9 Å². The highest BCUT2D eigenvalue weighted by atomic mass is 32.1. The zero-order chi connectivity index (χ0) is 14.5. The van der Waals surface area contributed by atoms with Crippen molar-refractivity contribution in [2.24, 2.45) is 0 Å². The number of hydrogen-bond acceptors (Lipinski definition) is 6. The van der Waals surface area contributed by atoms with E-state index in [2.05, 4.69) is 37.7 Å². The first-order chi connectivity index (χ1) is 10.4. The number of nitrogens with one attached hydrogen (secondary N) is 1. The molecule has 1 N–H and O–H groups in total. The maximum absolute atomic E-state index is 8.88. The Balaban J connectivity index is 1.71. The molecule has 0 saturated carbocycles. The molecule has 0 bridgehead atoms. The lowest BCUT2D eigenvalue weighted by Crippen LogP contribution is -2.30. The molecule has 1 unspecified atom stereocenters. The van der Waals surface area contributed by atoms with E-state index in [9.17, 15) is 0 Å². The lowest BCUT2D eigenvalue weighted by Gasteiger charge is -2.27. The quantitative estimate of drug-likeness (QED) is 0.919. The Morgan fingerprint density at radius 2 is 2.24 bits per heavy atom. The summed E-state index contributed by atoms with van der Waals surface area (Å²) in [4.78, 5) is 12.1. The van der Waals surface area contributed by atoms with E-state index in [1.54, 1.807) is 17.5 Å². The SMILES string of the molecule is N#Cc1cncc(NCC(c2cccs2)N2CCCC2)n1. The van der Waals surface area contributed by atoms with Crippen molar-refractivity contribution in [3.8, 4) is 6.07 Å². The number of aromatic nitrogens is 2. The topological polar surface area (TPSA) is 64.8 Å². The minimum Gasteiger partial charge on any atom is -0.367 e. The van der Waals surface area contributed by atoms with Crippen molar-refractivity contribution >= 4 is 17.2 Å². The van der Waals surface area contributed by atoms with E-state index >= 15 is 0 Å². The smallest absolute Gasteiger partial charge is 0.161 e. The summed E-state index contributed by atoms with van der Waals surface area (Å²) in [6, 6.07) is 6.66. The minimum atomic E-state index is 0.342. The molecule has 0 radical (unpaired) electrons. The summed E-state index contributed by atoms with van der Waals surface area (Å²) in [6.07, 6.45) is 5.68. The van der Waals surface area contributed by atoms with Crippen molar-refractivity contribution in [3.05, 3.63) is 40.5 Å². The zero-order valence-corrected chi connectivity index (χ0v) is 12.5. The first-order valence-electron chi connectivity index (χ1n) is 7.10. The summed E-state index contributed by atoms with van der Waals surface area (Å²) in [5, 5.41) is 14.3. The fourth-order valence-corrected chi connectivity index (χ4v) is 3.51. The number of thiophene rings is 1. The van der Waals surface area contributed by atoms with Crippen molar-refractivity contribution in [2.75, 3.05) is 25.0 Å². The molecule has 2 aromatic heterocycles. The summed E-state index contributed by atoms with van der Waals surface area (Å²) in [6.45, 7) is 3.08. The first-order valence-corrected chi connectivity index (χ1v) is 7.98. The summed E-state index contributed by atoms with van der Waals surface area (Å²) >= 11 is 1.79. The third-order valence-electron chi connectivity index (χ3n) is 3.68. The van der Waals surface area contributed by atoms with E-state index in [0.29, 0.717) is 17.6 Å². The molecule has 0 spiro atoms. The molecule has 3 heterocycles. The van der Waals surface area contributed by atoms with Gasteiger partial charge in [-0.15, -0.1) is 11.3 Å². The highest BCUT2D eigenvalue weighted by Gasteiger charge is 2.24. The van der Waals surface area contributed by atoms with Crippen LogP contribution in [0.25, 0.3) is 0 Å². The normalized spacial score (nSPS) is 16.5. The summed E-state index contributed by atoms with van der Waals surface area (Å²) in [5.74, 6) is 0.662. The van der Waals surface area contributed by atoms with Crippen molar-refractivity contribution < 1.29 is 0 Å². The Morgan fingerprint density at radius 1 is 1.38 bits per heavy atom. The van der Waals surface area contributed by atoms with E-state index in [1.165, 1.54) is 23.9 Å². The van der Waals surface area contributed by atoms with Gasteiger partial charge in [-0.2, -0.15) is 5.26 Å². The van der Waals surface area contributed by atoms with E-state index in [1.807, 2.05) is 6.07 Å². The second-order valence-electron chi connectivity index (χ2n) is 5.06. The van der Waals surface area contributed by atoms with Crippen LogP contribution in [0.1, 0.15) is 29.5 Å². The Kier molecular flexibility index (Phi) is 4.43. The molecule has 0 aromatic carbocycles. The van der Waals surface area contributed by atoms with Crippen molar-refractivity contribution in [3.63, 3.8) is 0 Å². The average Bonchev–Trinajstić information content (AvgIpc) is 3.21. The number of hydrogen-bond donors (Lipinski definition) is 1. The van der Waals surface area contributed by atoms with Gasteiger partial charge in [0.25, 0.3) is 0 Å². The number of anilines is 1. The molecule has 1 saturated heterocycles. The fraction of sp³-hybridized carbons (Fsp3) is 0.400. The highest BCUT2D eigenvalue weighted by molar-refractivity contribution is 7.10. The van der Waals surface area contributed by atoms with Crippen LogP contribution in [0.2, 0.25) is 0 Å². The third kappa shape index (κ3) is 3.38. The molecule has 2 aromatic rings. The summed E-state index contributed by atoms with van der Waals surface area (Å²) in [7, 11) is 0. The van der Waals surface area contributed by atoms with Gasteiger partial charge in [0.1, 0.15) is 11.9 Å². The van der Waals surface area contributed by atoms with Gasteiger partial charge in [0, 0.05) is 11.4 Å². The molecule has 6 heteroatoms. The first kappa shape index (κ1) is 14.0. The van der Waals surface area contributed by atoms with Crippen LogP contribution in [0, 0.1) is 11.3 Å². The van der Waals surface area contributed by atoms with Gasteiger partial charge < -0.3 is 5.32 Å². The molecule has 0 amide bonds. The maximum atomic E-state index is 8.88. The lowest BCUT2D eigenvalue weighted by molar-refractivity contribution is 0.259. The zero-order valence-electron chi connectivity index (χ0n) is 11.7. The molecule has 0 aliphatic carbocycles. The van der Waals surface area contributed by atoms with Crippen LogP contribution in [0.5, 0.6) is 0 Å². The van der Waals surface area contributed by atoms with E-state index in [4.69, 9.17) is 5.26 Å². The Morgan fingerprint density at radius 3 is 2.95 bits per heavy atom. The number of likely N-dealkylation sites (tertiary alicyclic amines) is 1. The molecule has 108 valence electrons. The fourth-order valence-electron chi connectivity index (χ4n) is 2.65. The third-order valence-corrected chi connectivity index (χ3v) is 4.65. The van der Waals surface area contributed by atoms with Crippen LogP contribution in [-0.4, -0.2) is 34.5 Å².